The number of hydrogen-bond acceptors (Lipinski definition) is 3. The van der Waals surface area contributed by atoms with Crippen LogP contribution in [-0.2, 0) is 11.2 Å². The number of likely N-dealkylation sites (tertiary alicyclic amines) is 2. The van der Waals surface area contributed by atoms with Gasteiger partial charge in [0.25, 0.3) is 0 Å². The quantitative estimate of drug-likeness (QED) is 0.782. The van der Waals surface area contributed by atoms with Gasteiger partial charge in [-0.1, -0.05) is 36.4 Å². The molecule has 1 amide bonds. The van der Waals surface area contributed by atoms with Crippen molar-refractivity contribution in [2.45, 2.75) is 38.1 Å². The highest BCUT2D eigenvalue weighted by Crippen LogP contribution is 2.34. The summed E-state index contributed by atoms with van der Waals surface area (Å²) in [5, 5.41) is 2.14. The lowest BCUT2D eigenvalue weighted by molar-refractivity contribution is -0.134. The molecule has 138 valence electrons. The Balaban J connectivity index is 1.27. The molecule has 4 rings (SSSR count). The largest absolute Gasteiger partial charge is 0.342 e. The first kappa shape index (κ1) is 17.7. The van der Waals surface area contributed by atoms with Crippen LogP contribution in [0.2, 0.25) is 0 Å². The normalized spacial score (nSPS) is 22.0. The average Bonchev–Trinajstić information content (AvgIpc) is 3.34. The lowest BCUT2D eigenvalue weighted by Crippen LogP contribution is -2.44. The number of piperidine rings is 1. The van der Waals surface area contributed by atoms with E-state index < -0.39 is 0 Å². The summed E-state index contributed by atoms with van der Waals surface area (Å²) < 4.78 is 0. The van der Waals surface area contributed by atoms with E-state index in [2.05, 4.69) is 57.6 Å². The van der Waals surface area contributed by atoms with Gasteiger partial charge in [0.1, 0.15) is 0 Å². The van der Waals surface area contributed by atoms with Crippen molar-refractivity contribution in [3.63, 3.8) is 0 Å². The van der Waals surface area contributed by atoms with Gasteiger partial charge in [0.2, 0.25) is 5.91 Å². The number of nitrogens with zero attached hydrogens (tertiary/aromatic N) is 2. The molecule has 0 radical (unpaired) electrons. The van der Waals surface area contributed by atoms with Gasteiger partial charge in [-0.3, -0.25) is 9.69 Å². The highest BCUT2D eigenvalue weighted by Gasteiger charge is 2.30. The fourth-order valence-electron chi connectivity index (χ4n) is 4.43. The van der Waals surface area contributed by atoms with E-state index >= 15 is 0 Å². The lowest BCUT2D eigenvalue weighted by Gasteiger charge is -2.34. The number of carbonyl (C=O) groups excluding carboxylic acids is 1. The summed E-state index contributed by atoms with van der Waals surface area (Å²) in [4.78, 5) is 18.7. The first-order valence-electron chi connectivity index (χ1n) is 9.89. The second-order valence-corrected chi connectivity index (χ2v) is 8.64. The zero-order valence-corrected chi connectivity index (χ0v) is 16.2. The predicted octanol–water partition coefficient (Wildman–Crippen LogP) is 4.37. The minimum atomic E-state index is 0.326. The number of thiophene rings is 1. The summed E-state index contributed by atoms with van der Waals surface area (Å²) in [7, 11) is 0. The van der Waals surface area contributed by atoms with Gasteiger partial charge < -0.3 is 4.90 Å². The van der Waals surface area contributed by atoms with Gasteiger partial charge in [0.05, 0.1) is 6.54 Å². The SMILES string of the molecule is O=C(CN1CCC[C@@H]1c1cccs1)N1CCC(Cc2ccccc2)CC1. The molecule has 1 aromatic carbocycles. The second-order valence-electron chi connectivity index (χ2n) is 7.66. The van der Waals surface area contributed by atoms with E-state index in [-0.39, 0.29) is 0 Å². The van der Waals surface area contributed by atoms with Crippen molar-refractivity contribution >= 4 is 17.2 Å². The van der Waals surface area contributed by atoms with E-state index in [1.54, 1.807) is 0 Å². The second kappa shape index (κ2) is 8.36. The van der Waals surface area contributed by atoms with Crippen molar-refractivity contribution in [1.29, 1.82) is 0 Å². The monoisotopic (exact) mass is 368 g/mol. The summed E-state index contributed by atoms with van der Waals surface area (Å²) in [5.41, 5.74) is 1.42. The third-order valence-corrected chi connectivity index (χ3v) is 6.88. The Morgan fingerprint density at radius 3 is 2.54 bits per heavy atom. The Kier molecular flexibility index (Phi) is 5.71. The van der Waals surface area contributed by atoms with Crippen LogP contribution in [0.25, 0.3) is 0 Å². The molecule has 2 aliphatic heterocycles. The molecule has 2 aliphatic rings. The Morgan fingerprint density at radius 2 is 1.81 bits per heavy atom. The maximum atomic E-state index is 12.8. The van der Waals surface area contributed by atoms with Crippen molar-refractivity contribution in [2.75, 3.05) is 26.2 Å². The molecule has 0 bridgehead atoms. The Morgan fingerprint density at radius 1 is 1.00 bits per heavy atom. The summed E-state index contributed by atoms with van der Waals surface area (Å²) in [6.45, 7) is 3.49. The van der Waals surface area contributed by atoms with E-state index in [0.717, 1.165) is 38.9 Å². The van der Waals surface area contributed by atoms with Crippen LogP contribution in [-0.4, -0.2) is 41.9 Å². The number of rotatable bonds is 5. The van der Waals surface area contributed by atoms with Gasteiger partial charge in [0.15, 0.2) is 0 Å². The van der Waals surface area contributed by atoms with Crippen LogP contribution >= 0.6 is 11.3 Å². The molecule has 2 saturated heterocycles. The van der Waals surface area contributed by atoms with Crippen LogP contribution in [0.4, 0.5) is 0 Å². The van der Waals surface area contributed by atoms with Crippen LogP contribution in [0.5, 0.6) is 0 Å². The average molecular weight is 369 g/mol. The molecule has 3 heterocycles. The molecule has 26 heavy (non-hydrogen) atoms. The summed E-state index contributed by atoms with van der Waals surface area (Å²) >= 11 is 1.82. The standard InChI is InChI=1S/C22H28N2OS/c25-22(17-24-12-4-8-20(24)21-9-5-15-26-21)23-13-10-19(11-14-23)16-18-6-2-1-3-7-18/h1-3,5-7,9,15,19-20H,4,8,10-14,16-17H2/t20-/m1/s1. The van der Waals surface area contributed by atoms with Crippen molar-refractivity contribution < 1.29 is 4.79 Å². The Hall–Kier alpha value is -1.65. The molecular weight excluding hydrogens is 340 g/mol. The van der Waals surface area contributed by atoms with Crippen molar-refractivity contribution in [2.24, 2.45) is 5.92 Å². The van der Waals surface area contributed by atoms with Crippen LogP contribution < -0.4 is 0 Å². The minimum absolute atomic E-state index is 0.326. The fraction of sp³-hybridized carbons (Fsp3) is 0.500. The van der Waals surface area contributed by atoms with E-state index in [0.29, 0.717) is 24.4 Å². The van der Waals surface area contributed by atoms with Crippen LogP contribution in [0.1, 0.15) is 42.2 Å². The van der Waals surface area contributed by atoms with Gasteiger partial charge in [-0.2, -0.15) is 0 Å². The summed E-state index contributed by atoms with van der Waals surface area (Å²) in [6, 6.07) is 15.5. The molecule has 0 aliphatic carbocycles. The molecule has 0 spiro atoms. The molecule has 2 fully saturated rings. The number of carbonyl (C=O) groups is 1. The molecule has 1 aromatic heterocycles. The smallest absolute Gasteiger partial charge is 0.236 e. The van der Waals surface area contributed by atoms with E-state index in [1.165, 1.54) is 23.3 Å². The summed E-state index contributed by atoms with van der Waals surface area (Å²) in [5.74, 6) is 1.04. The third-order valence-electron chi connectivity index (χ3n) is 5.91. The van der Waals surface area contributed by atoms with Crippen LogP contribution in [0.3, 0.4) is 0 Å². The maximum absolute atomic E-state index is 12.8. The van der Waals surface area contributed by atoms with Gasteiger partial charge >= 0.3 is 0 Å². The summed E-state index contributed by atoms with van der Waals surface area (Å²) in [6.07, 6.45) is 5.81. The fourth-order valence-corrected chi connectivity index (χ4v) is 5.32. The Labute approximate surface area is 160 Å². The van der Waals surface area contributed by atoms with Gasteiger partial charge in [-0.25, -0.2) is 0 Å². The molecule has 0 N–H and O–H groups in total. The van der Waals surface area contributed by atoms with Crippen molar-refractivity contribution in [1.82, 2.24) is 9.80 Å². The molecule has 3 nitrogen and oxygen atoms in total. The van der Waals surface area contributed by atoms with Gasteiger partial charge in [-0.05, 0) is 61.6 Å². The minimum Gasteiger partial charge on any atom is -0.342 e. The van der Waals surface area contributed by atoms with E-state index in [1.807, 2.05) is 11.3 Å². The van der Waals surface area contributed by atoms with E-state index in [4.69, 9.17) is 0 Å². The topological polar surface area (TPSA) is 23.6 Å². The first-order valence-corrected chi connectivity index (χ1v) is 10.8. The zero-order chi connectivity index (χ0) is 17.8. The Bertz CT molecular complexity index is 692. The number of benzene rings is 1. The highest BCUT2D eigenvalue weighted by molar-refractivity contribution is 7.10. The molecule has 0 saturated carbocycles. The molecule has 0 unspecified atom stereocenters. The maximum Gasteiger partial charge on any atom is 0.236 e. The molecular formula is C22H28N2OS. The molecule has 2 aromatic rings. The van der Waals surface area contributed by atoms with Crippen LogP contribution in [0.15, 0.2) is 47.8 Å². The molecule has 1 atom stereocenters. The van der Waals surface area contributed by atoms with E-state index in [9.17, 15) is 4.79 Å². The third kappa shape index (κ3) is 4.18. The first-order chi connectivity index (χ1) is 12.8. The van der Waals surface area contributed by atoms with Crippen molar-refractivity contribution in [3.05, 3.63) is 58.3 Å². The highest BCUT2D eigenvalue weighted by atomic mass is 32.1. The number of amides is 1. The zero-order valence-electron chi connectivity index (χ0n) is 15.3. The van der Waals surface area contributed by atoms with Gasteiger partial charge in [0, 0.05) is 24.0 Å². The van der Waals surface area contributed by atoms with Gasteiger partial charge in [-0.15, -0.1) is 11.3 Å². The number of hydrogen-bond donors (Lipinski definition) is 0. The van der Waals surface area contributed by atoms with Crippen LogP contribution in [0, 0.1) is 5.92 Å². The predicted molar refractivity (Wildman–Crippen MR) is 107 cm³/mol. The molecule has 4 heteroatoms. The van der Waals surface area contributed by atoms with Crippen molar-refractivity contribution in [3.8, 4) is 0 Å². The lowest BCUT2D eigenvalue weighted by atomic mass is 9.90.